The topological polar surface area (TPSA) is 69.6 Å². The van der Waals surface area contributed by atoms with Crippen LogP contribution in [0.3, 0.4) is 0 Å². The highest BCUT2D eigenvalue weighted by molar-refractivity contribution is 5.80. The first kappa shape index (κ1) is 15.4. The van der Waals surface area contributed by atoms with Crippen molar-refractivity contribution in [1.29, 1.82) is 0 Å². The first-order chi connectivity index (χ1) is 9.97. The lowest BCUT2D eigenvalue weighted by Gasteiger charge is -2.20. The van der Waals surface area contributed by atoms with E-state index in [9.17, 15) is 9.59 Å². The first-order valence-electron chi connectivity index (χ1n) is 7.32. The van der Waals surface area contributed by atoms with E-state index < -0.39 is 5.97 Å². The number of hydrogen-bond donors (Lipinski definition) is 2. The van der Waals surface area contributed by atoms with Crippen LogP contribution in [-0.2, 0) is 11.3 Å². The van der Waals surface area contributed by atoms with E-state index in [1.165, 1.54) is 10.5 Å². The van der Waals surface area contributed by atoms with Gasteiger partial charge in [0.15, 0.2) is 0 Å². The maximum atomic E-state index is 12.1. The number of nitrogens with zero attached hydrogens (tertiary/aromatic N) is 1. The molecular formula is C16H22N2O3. The second kappa shape index (κ2) is 6.61. The van der Waals surface area contributed by atoms with Gasteiger partial charge in [-0.25, -0.2) is 4.79 Å². The molecule has 0 saturated heterocycles. The minimum atomic E-state index is -0.974. The molecule has 1 aliphatic rings. The minimum Gasteiger partial charge on any atom is -0.480 e. The molecule has 0 heterocycles. The highest BCUT2D eigenvalue weighted by atomic mass is 16.4. The van der Waals surface area contributed by atoms with Gasteiger partial charge in [-0.05, 0) is 29.9 Å². The van der Waals surface area contributed by atoms with E-state index in [0.717, 1.165) is 18.4 Å². The second-order valence-corrected chi connectivity index (χ2v) is 5.81. The number of carboxylic acids is 1. The summed E-state index contributed by atoms with van der Waals surface area (Å²) in [5.74, 6) is -0.493. The van der Waals surface area contributed by atoms with E-state index in [0.29, 0.717) is 12.5 Å². The van der Waals surface area contributed by atoms with Gasteiger partial charge in [0.25, 0.3) is 0 Å². The fourth-order valence-electron chi connectivity index (χ4n) is 2.20. The summed E-state index contributed by atoms with van der Waals surface area (Å²) >= 11 is 0. The first-order valence-corrected chi connectivity index (χ1v) is 7.32. The van der Waals surface area contributed by atoms with Gasteiger partial charge in [0.2, 0.25) is 0 Å². The molecule has 114 valence electrons. The number of urea groups is 1. The fourth-order valence-corrected chi connectivity index (χ4v) is 2.20. The summed E-state index contributed by atoms with van der Waals surface area (Å²) in [5, 5.41) is 11.7. The lowest BCUT2D eigenvalue weighted by Crippen LogP contribution is -2.43. The third kappa shape index (κ3) is 4.48. The van der Waals surface area contributed by atoms with Crippen LogP contribution in [0, 0.1) is 0 Å². The molecule has 5 heteroatoms. The molecule has 1 aliphatic carbocycles. The molecule has 2 amide bonds. The van der Waals surface area contributed by atoms with Gasteiger partial charge in [0.05, 0.1) is 0 Å². The van der Waals surface area contributed by atoms with Crippen LogP contribution in [0.4, 0.5) is 4.79 Å². The van der Waals surface area contributed by atoms with Crippen LogP contribution < -0.4 is 5.32 Å². The van der Waals surface area contributed by atoms with Crippen LogP contribution in [0.5, 0.6) is 0 Å². The predicted octanol–water partition coefficient (Wildman–Crippen LogP) is 2.57. The zero-order chi connectivity index (χ0) is 15.4. The smallest absolute Gasteiger partial charge is 0.323 e. The van der Waals surface area contributed by atoms with Crippen LogP contribution in [0.15, 0.2) is 24.3 Å². The molecule has 21 heavy (non-hydrogen) atoms. The summed E-state index contributed by atoms with van der Waals surface area (Å²) in [6.45, 7) is 4.45. The number of carbonyl (C=O) groups excluding carboxylic acids is 1. The second-order valence-electron chi connectivity index (χ2n) is 5.81. The Hall–Kier alpha value is -2.04. The Morgan fingerprint density at radius 3 is 2.38 bits per heavy atom. The van der Waals surface area contributed by atoms with Crippen molar-refractivity contribution < 1.29 is 14.7 Å². The average molecular weight is 290 g/mol. The van der Waals surface area contributed by atoms with E-state index in [4.69, 9.17) is 5.11 Å². The highest BCUT2D eigenvalue weighted by Gasteiger charge is 2.33. The fraction of sp³-hybridized carbons (Fsp3) is 0.500. The van der Waals surface area contributed by atoms with Crippen LogP contribution in [0.1, 0.15) is 43.7 Å². The maximum Gasteiger partial charge on any atom is 0.323 e. The molecule has 0 aliphatic heterocycles. The molecule has 0 spiro atoms. The van der Waals surface area contributed by atoms with Gasteiger partial charge < -0.3 is 15.3 Å². The number of amides is 2. The number of aliphatic carboxylic acids is 1. The van der Waals surface area contributed by atoms with E-state index in [1.807, 2.05) is 12.1 Å². The molecule has 0 atom stereocenters. The van der Waals surface area contributed by atoms with Gasteiger partial charge in [-0.15, -0.1) is 0 Å². The minimum absolute atomic E-state index is 0.0874. The Balaban J connectivity index is 1.88. The standard InChI is InChI=1S/C16H22N2O3/c1-11(2)13-5-3-12(4-6-13)9-17-16(21)18(10-15(19)20)14-7-8-14/h3-6,11,14H,7-10H2,1-2H3,(H,17,21)(H,19,20). The third-order valence-corrected chi connectivity index (χ3v) is 3.64. The van der Waals surface area contributed by atoms with E-state index in [1.54, 1.807) is 0 Å². The number of hydrogen-bond acceptors (Lipinski definition) is 2. The highest BCUT2D eigenvalue weighted by Crippen LogP contribution is 2.26. The molecule has 1 aromatic rings. The van der Waals surface area contributed by atoms with Crippen molar-refractivity contribution in [3.63, 3.8) is 0 Å². The van der Waals surface area contributed by atoms with Gasteiger partial charge >= 0.3 is 12.0 Å². The lowest BCUT2D eigenvalue weighted by molar-refractivity contribution is -0.137. The van der Waals surface area contributed by atoms with Gasteiger partial charge in [-0.2, -0.15) is 0 Å². The number of carbonyl (C=O) groups is 2. The molecule has 1 saturated carbocycles. The van der Waals surface area contributed by atoms with Gasteiger partial charge in [-0.1, -0.05) is 38.1 Å². The summed E-state index contributed by atoms with van der Waals surface area (Å²) in [6.07, 6.45) is 1.79. The largest absolute Gasteiger partial charge is 0.480 e. The maximum absolute atomic E-state index is 12.1. The molecule has 2 N–H and O–H groups in total. The number of carboxylic acid groups (broad SMARTS) is 1. The molecule has 1 fully saturated rings. The van der Waals surface area contributed by atoms with Crippen LogP contribution in [0.2, 0.25) is 0 Å². The molecule has 2 rings (SSSR count). The van der Waals surface area contributed by atoms with Crippen molar-refractivity contribution in [3.05, 3.63) is 35.4 Å². The number of nitrogens with one attached hydrogen (secondary N) is 1. The van der Waals surface area contributed by atoms with E-state index in [-0.39, 0.29) is 18.6 Å². The average Bonchev–Trinajstić information content (AvgIpc) is 3.27. The number of benzene rings is 1. The van der Waals surface area contributed by atoms with Crippen molar-refractivity contribution in [2.45, 2.75) is 45.2 Å². The monoisotopic (exact) mass is 290 g/mol. The van der Waals surface area contributed by atoms with Crippen LogP contribution in [0.25, 0.3) is 0 Å². The molecular weight excluding hydrogens is 268 g/mol. The third-order valence-electron chi connectivity index (χ3n) is 3.64. The Labute approximate surface area is 125 Å². The summed E-state index contributed by atoms with van der Waals surface area (Å²) in [4.78, 5) is 24.3. The van der Waals surface area contributed by atoms with Crippen molar-refractivity contribution in [2.75, 3.05) is 6.54 Å². The SMILES string of the molecule is CC(C)c1ccc(CNC(=O)N(CC(=O)O)C2CC2)cc1. The molecule has 5 nitrogen and oxygen atoms in total. The normalized spacial score (nSPS) is 14.0. The molecule has 0 radical (unpaired) electrons. The molecule has 0 bridgehead atoms. The summed E-state index contributed by atoms with van der Waals surface area (Å²) in [7, 11) is 0. The lowest BCUT2D eigenvalue weighted by atomic mass is 10.0. The van der Waals surface area contributed by atoms with Crippen molar-refractivity contribution >= 4 is 12.0 Å². The zero-order valence-electron chi connectivity index (χ0n) is 12.5. The summed E-state index contributed by atoms with van der Waals surface area (Å²) in [6, 6.07) is 7.89. The molecule has 1 aromatic carbocycles. The van der Waals surface area contributed by atoms with Crippen LogP contribution >= 0.6 is 0 Å². The van der Waals surface area contributed by atoms with E-state index in [2.05, 4.69) is 31.3 Å². The predicted molar refractivity (Wildman–Crippen MR) is 80.1 cm³/mol. The zero-order valence-corrected chi connectivity index (χ0v) is 12.5. The van der Waals surface area contributed by atoms with Crippen LogP contribution in [-0.4, -0.2) is 34.6 Å². The molecule has 0 unspecified atom stereocenters. The van der Waals surface area contributed by atoms with Crippen molar-refractivity contribution in [1.82, 2.24) is 10.2 Å². The van der Waals surface area contributed by atoms with Crippen molar-refractivity contribution in [3.8, 4) is 0 Å². The summed E-state index contributed by atoms with van der Waals surface area (Å²) < 4.78 is 0. The quantitative estimate of drug-likeness (QED) is 0.846. The summed E-state index contributed by atoms with van der Waals surface area (Å²) in [5.41, 5.74) is 2.27. The number of rotatable bonds is 6. The van der Waals surface area contributed by atoms with Gasteiger partial charge in [0.1, 0.15) is 6.54 Å². The Bertz CT molecular complexity index is 507. The Morgan fingerprint density at radius 1 is 1.29 bits per heavy atom. The van der Waals surface area contributed by atoms with Gasteiger partial charge in [0, 0.05) is 12.6 Å². The Kier molecular flexibility index (Phi) is 4.83. The molecule has 0 aromatic heterocycles. The Morgan fingerprint density at radius 2 is 1.90 bits per heavy atom. The van der Waals surface area contributed by atoms with Crippen molar-refractivity contribution in [2.24, 2.45) is 0 Å². The van der Waals surface area contributed by atoms with E-state index >= 15 is 0 Å². The van der Waals surface area contributed by atoms with Gasteiger partial charge in [-0.3, -0.25) is 4.79 Å².